The zero-order valence-corrected chi connectivity index (χ0v) is 12.9. The van der Waals surface area contributed by atoms with Crippen molar-refractivity contribution in [3.05, 3.63) is 35.0 Å². The molecule has 0 amide bonds. The topological polar surface area (TPSA) is 96.4 Å². The number of fused-ring (bicyclic) bond motifs is 1. The second kappa shape index (κ2) is 5.59. The molecule has 8 heteroatoms. The SMILES string of the molecule is Cc1cc2cccc(S(=O)(=O)N[C@H](C)C(=O)O)c2nc1Cl. The highest BCUT2D eigenvalue weighted by atomic mass is 35.5. The second-order valence-electron chi connectivity index (χ2n) is 4.61. The zero-order chi connectivity index (χ0) is 15.8. The Morgan fingerprint density at radius 3 is 2.71 bits per heavy atom. The van der Waals surface area contributed by atoms with Gasteiger partial charge in [0.25, 0.3) is 0 Å². The van der Waals surface area contributed by atoms with E-state index in [9.17, 15) is 13.2 Å². The lowest BCUT2D eigenvalue weighted by Gasteiger charge is -2.12. The summed E-state index contributed by atoms with van der Waals surface area (Å²) in [7, 11) is -4.01. The number of sulfonamides is 1. The molecule has 2 N–H and O–H groups in total. The number of carboxylic acids is 1. The number of hydrogen-bond donors (Lipinski definition) is 2. The van der Waals surface area contributed by atoms with Crippen LogP contribution in [0.15, 0.2) is 29.2 Å². The van der Waals surface area contributed by atoms with Gasteiger partial charge in [0.05, 0.1) is 5.52 Å². The number of aromatic nitrogens is 1. The molecule has 2 aromatic rings. The summed E-state index contributed by atoms with van der Waals surface area (Å²) in [6.07, 6.45) is 0. The van der Waals surface area contributed by atoms with Gasteiger partial charge >= 0.3 is 5.97 Å². The van der Waals surface area contributed by atoms with Gasteiger partial charge in [-0.1, -0.05) is 23.7 Å². The first-order chi connectivity index (χ1) is 9.72. The molecule has 2 rings (SSSR count). The number of pyridine rings is 1. The normalized spacial score (nSPS) is 13.3. The van der Waals surface area contributed by atoms with Gasteiger partial charge in [0, 0.05) is 5.39 Å². The van der Waals surface area contributed by atoms with Crippen LogP contribution in [0.3, 0.4) is 0 Å². The standard InChI is InChI=1S/C13H13ClN2O4S/c1-7-6-9-4-3-5-10(11(9)15-12(7)14)21(19,20)16-8(2)13(17)18/h3-6,8,16H,1-2H3,(H,17,18)/t8-/m1/s1. The van der Waals surface area contributed by atoms with Crippen molar-refractivity contribution in [2.45, 2.75) is 24.8 Å². The van der Waals surface area contributed by atoms with Crippen molar-refractivity contribution in [1.82, 2.24) is 9.71 Å². The first-order valence-corrected chi connectivity index (χ1v) is 7.89. The van der Waals surface area contributed by atoms with E-state index in [0.717, 1.165) is 5.56 Å². The highest BCUT2D eigenvalue weighted by Gasteiger charge is 2.24. The number of para-hydroxylation sites is 1. The smallest absolute Gasteiger partial charge is 0.321 e. The summed E-state index contributed by atoms with van der Waals surface area (Å²) in [5.41, 5.74) is 0.934. The Labute approximate surface area is 126 Å². The Bertz CT molecular complexity index is 820. The van der Waals surface area contributed by atoms with Crippen molar-refractivity contribution in [1.29, 1.82) is 0 Å². The van der Waals surface area contributed by atoms with E-state index in [-0.39, 0.29) is 15.6 Å². The molecule has 0 bridgehead atoms. The van der Waals surface area contributed by atoms with Crippen LogP contribution >= 0.6 is 11.6 Å². The number of rotatable bonds is 4. The summed E-state index contributed by atoms with van der Waals surface area (Å²) < 4.78 is 26.7. The molecule has 0 aliphatic heterocycles. The number of benzene rings is 1. The van der Waals surface area contributed by atoms with Gasteiger partial charge in [-0.2, -0.15) is 4.72 Å². The van der Waals surface area contributed by atoms with Gasteiger partial charge in [-0.3, -0.25) is 4.79 Å². The highest BCUT2D eigenvalue weighted by Crippen LogP contribution is 2.25. The van der Waals surface area contributed by atoms with Crippen LogP contribution in [0.25, 0.3) is 10.9 Å². The summed E-state index contributed by atoms with van der Waals surface area (Å²) in [5.74, 6) is -1.26. The number of nitrogens with one attached hydrogen (secondary N) is 1. The molecule has 21 heavy (non-hydrogen) atoms. The van der Waals surface area contributed by atoms with Gasteiger partial charge in [-0.25, -0.2) is 13.4 Å². The summed E-state index contributed by atoms with van der Waals surface area (Å²) in [6, 6.07) is 5.12. The molecule has 112 valence electrons. The second-order valence-corrected chi connectivity index (χ2v) is 6.65. The molecule has 6 nitrogen and oxygen atoms in total. The van der Waals surface area contributed by atoms with E-state index >= 15 is 0 Å². The minimum absolute atomic E-state index is 0.102. The predicted molar refractivity (Wildman–Crippen MR) is 78.9 cm³/mol. The number of aliphatic carboxylic acids is 1. The first kappa shape index (κ1) is 15.7. The third-order valence-electron chi connectivity index (χ3n) is 2.93. The fraction of sp³-hybridized carbons (Fsp3) is 0.231. The Balaban J connectivity index is 2.61. The number of nitrogens with zero attached hydrogens (tertiary/aromatic N) is 1. The Morgan fingerprint density at radius 2 is 2.10 bits per heavy atom. The van der Waals surface area contributed by atoms with Crippen molar-refractivity contribution >= 4 is 38.5 Å². The maximum absolute atomic E-state index is 12.3. The van der Waals surface area contributed by atoms with Crippen molar-refractivity contribution in [3.63, 3.8) is 0 Å². The van der Waals surface area contributed by atoms with Gasteiger partial charge in [0.15, 0.2) is 0 Å². The molecular formula is C13H13ClN2O4S. The molecule has 1 aromatic heterocycles. The van der Waals surface area contributed by atoms with Gasteiger partial charge < -0.3 is 5.11 Å². The molecule has 1 heterocycles. The summed E-state index contributed by atoms with van der Waals surface area (Å²) in [4.78, 5) is 14.8. The average Bonchev–Trinajstić information content (AvgIpc) is 2.38. The molecule has 0 saturated heterocycles. The van der Waals surface area contributed by atoms with Crippen LogP contribution < -0.4 is 4.72 Å². The third kappa shape index (κ3) is 3.15. The van der Waals surface area contributed by atoms with Gasteiger partial charge in [0.1, 0.15) is 16.1 Å². The molecule has 1 aromatic carbocycles. The van der Waals surface area contributed by atoms with Crippen molar-refractivity contribution < 1.29 is 18.3 Å². The number of carbonyl (C=O) groups is 1. The molecule has 0 aliphatic carbocycles. The number of halogens is 1. The van der Waals surface area contributed by atoms with Crippen LogP contribution in [-0.4, -0.2) is 30.5 Å². The largest absolute Gasteiger partial charge is 0.480 e. The van der Waals surface area contributed by atoms with Crippen LogP contribution in [0.5, 0.6) is 0 Å². The number of aryl methyl sites for hydroxylation is 1. The van der Waals surface area contributed by atoms with E-state index in [1.54, 1.807) is 25.1 Å². The van der Waals surface area contributed by atoms with E-state index in [4.69, 9.17) is 16.7 Å². The summed E-state index contributed by atoms with van der Waals surface area (Å²) in [5, 5.41) is 9.64. The van der Waals surface area contributed by atoms with E-state index in [0.29, 0.717) is 5.39 Å². The van der Waals surface area contributed by atoms with E-state index in [1.807, 2.05) is 0 Å². The van der Waals surface area contributed by atoms with Gasteiger partial charge in [-0.05, 0) is 31.5 Å². The zero-order valence-electron chi connectivity index (χ0n) is 11.3. The molecule has 0 radical (unpaired) electrons. The van der Waals surface area contributed by atoms with Gasteiger partial charge in [0.2, 0.25) is 10.0 Å². The third-order valence-corrected chi connectivity index (χ3v) is 4.88. The summed E-state index contributed by atoms with van der Waals surface area (Å²) in [6.45, 7) is 3.01. The highest BCUT2D eigenvalue weighted by molar-refractivity contribution is 7.89. The minimum Gasteiger partial charge on any atom is -0.480 e. The minimum atomic E-state index is -4.01. The van der Waals surface area contributed by atoms with E-state index in [2.05, 4.69) is 9.71 Å². The molecule has 0 saturated carbocycles. The molecule has 0 spiro atoms. The maximum Gasteiger partial charge on any atom is 0.321 e. The fourth-order valence-electron chi connectivity index (χ4n) is 1.82. The van der Waals surface area contributed by atoms with Crippen molar-refractivity contribution in [2.24, 2.45) is 0 Å². The number of hydrogen-bond acceptors (Lipinski definition) is 4. The lowest BCUT2D eigenvalue weighted by atomic mass is 10.2. The molecule has 0 fully saturated rings. The quantitative estimate of drug-likeness (QED) is 0.836. The Hall–Kier alpha value is -1.70. The van der Waals surface area contributed by atoms with Crippen LogP contribution in [0.1, 0.15) is 12.5 Å². The van der Waals surface area contributed by atoms with Crippen LogP contribution in [0, 0.1) is 6.92 Å². The first-order valence-electron chi connectivity index (χ1n) is 6.03. The monoisotopic (exact) mass is 328 g/mol. The lowest BCUT2D eigenvalue weighted by Crippen LogP contribution is -2.38. The lowest BCUT2D eigenvalue weighted by molar-refractivity contribution is -0.138. The van der Waals surface area contributed by atoms with E-state index in [1.165, 1.54) is 13.0 Å². The Kier molecular flexibility index (Phi) is 4.18. The van der Waals surface area contributed by atoms with Crippen molar-refractivity contribution in [2.75, 3.05) is 0 Å². The maximum atomic E-state index is 12.3. The van der Waals surface area contributed by atoms with Crippen LogP contribution in [0.4, 0.5) is 0 Å². The van der Waals surface area contributed by atoms with E-state index < -0.39 is 22.0 Å². The molecule has 0 unspecified atom stereocenters. The summed E-state index contributed by atoms with van der Waals surface area (Å²) >= 11 is 5.95. The fourth-order valence-corrected chi connectivity index (χ4v) is 3.33. The Morgan fingerprint density at radius 1 is 1.43 bits per heavy atom. The van der Waals surface area contributed by atoms with Crippen LogP contribution in [0.2, 0.25) is 5.15 Å². The molecule has 0 aliphatic rings. The number of carboxylic acid groups (broad SMARTS) is 1. The van der Waals surface area contributed by atoms with Crippen molar-refractivity contribution in [3.8, 4) is 0 Å². The average molecular weight is 329 g/mol. The molecular weight excluding hydrogens is 316 g/mol. The van der Waals surface area contributed by atoms with Crippen LogP contribution in [-0.2, 0) is 14.8 Å². The predicted octanol–water partition coefficient (Wildman–Crippen LogP) is 1.95. The van der Waals surface area contributed by atoms with Gasteiger partial charge in [-0.15, -0.1) is 0 Å². The molecule has 1 atom stereocenters.